The first kappa shape index (κ1) is 26.1. The smallest absolute Gasteiger partial charge is 0.134 e. The topological polar surface area (TPSA) is 12.5 Å². The highest BCUT2D eigenvalue weighted by Crippen LogP contribution is 2.62. The van der Waals surface area contributed by atoms with Crippen molar-refractivity contribution >= 4 is 38.6 Å². The van der Waals surface area contributed by atoms with Gasteiger partial charge in [0.2, 0.25) is 0 Å². The molecule has 1 heterocycles. The zero-order valence-corrected chi connectivity index (χ0v) is 25.6. The second kappa shape index (κ2) is 9.94. The van der Waals surface area contributed by atoms with Gasteiger partial charge in [-0.1, -0.05) is 133 Å². The Balaban J connectivity index is 1.23. The third-order valence-corrected chi connectivity index (χ3v) is 10.1. The molecule has 8 aromatic rings. The van der Waals surface area contributed by atoms with Crippen LogP contribution in [0.3, 0.4) is 0 Å². The van der Waals surface area contributed by atoms with Crippen molar-refractivity contribution in [3.63, 3.8) is 0 Å². The van der Waals surface area contributed by atoms with Gasteiger partial charge in [-0.2, -0.15) is 0 Å². The maximum absolute atomic E-state index is 6.87. The van der Waals surface area contributed by atoms with Crippen molar-refractivity contribution in [2.24, 2.45) is 0 Å². The van der Waals surface area contributed by atoms with Gasteiger partial charge < -0.3 is 9.64 Å². The molecular formula is C45H29NO. The average Bonchev–Trinajstić information content (AvgIpc) is 3.42. The Morgan fingerprint density at radius 1 is 0.340 bits per heavy atom. The van der Waals surface area contributed by atoms with E-state index in [4.69, 9.17) is 4.74 Å². The molecule has 0 saturated carbocycles. The van der Waals surface area contributed by atoms with Gasteiger partial charge in [-0.3, -0.25) is 0 Å². The Hall–Kier alpha value is -6.12. The van der Waals surface area contributed by atoms with Crippen LogP contribution in [0.25, 0.3) is 32.7 Å². The van der Waals surface area contributed by atoms with Gasteiger partial charge >= 0.3 is 0 Å². The van der Waals surface area contributed by atoms with E-state index in [1.54, 1.807) is 0 Å². The fraction of sp³-hybridized carbons (Fsp3) is 0.0222. The molecule has 0 amide bonds. The Morgan fingerprint density at radius 2 is 0.787 bits per heavy atom. The lowest BCUT2D eigenvalue weighted by Crippen LogP contribution is -2.32. The summed E-state index contributed by atoms with van der Waals surface area (Å²) in [7, 11) is 0. The predicted molar refractivity (Wildman–Crippen MR) is 194 cm³/mol. The lowest BCUT2D eigenvalue weighted by Gasteiger charge is -2.40. The summed E-state index contributed by atoms with van der Waals surface area (Å²) in [6, 6.07) is 63.6. The Labute approximate surface area is 273 Å². The van der Waals surface area contributed by atoms with Crippen molar-refractivity contribution < 1.29 is 4.74 Å². The number of hydrogen-bond acceptors (Lipinski definition) is 2. The van der Waals surface area contributed by atoms with E-state index in [0.717, 1.165) is 34.1 Å². The standard InChI is InChI=1S/C45H29NO/c1-3-13-32-27-34(23-21-30(32)11-1)46(35-24-22-31-12-2-4-14-33(31)28-35)36-25-26-42-44(29-36)47-43-20-10-9-19-41(43)45(42)39-17-7-5-15-37(39)38-16-6-8-18-40(38)45/h1-29H. The van der Waals surface area contributed by atoms with Crippen LogP contribution in [0.2, 0.25) is 0 Å². The monoisotopic (exact) mass is 599 g/mol. The first-order valence-electron chi connectivity index (χ1n) is 16.2. The van der Waals surface area contributed by atoms with Crippen LogP contribution in [0, 0.1) is 0 Å². The van der Waals surface area contributed by atoms with Gasteiger partial charge in [-0.25, -0.2) is 0 Å². The van der Waals surface area contributed by atoms with Crippen LogP contribution in [0.15, 0.2) is 176 Å². The fourth-order valence-corrected chi connectivity index (χ4v) is 8.07. The van der Waals surface area contributed by atoms with Gasteiger partial charge in [-0.05, 0) is 80.2 Å². The highest BCUT2D eigenvalue weighted by molar-refractivity contribution is 5.94. The Bertz CT molecular complexity index is 2400. The molecule has 0 bridgehead atoms. The van der Waals surface area contributed by atoms with Crippen LogP contribution in [-0.4, -0.2) is 0 Å². The van der Waals surface area contributed by atoms with Crippen LogP contribution in [0.1, 0.15) is 22.3 Å². The van der Waals surface area contributed by atoms with Crippen molar-refractivity contribution in [3.05, 3.63) is 198 Å². The zero-order valence-electron chi connectivity index (χ0n) is 25.6. The normalized spacial score (nSPS) is 13.4. The third-order valence-electron chi connectivity index (χ3n) is 10.1. The number of para-hydroxylation sites is 1. The van der Waals surface area contributed by atoms with Gasteiger partial charge in [0.05, 0.1) is 5.41 Å². The number of benzene rings is 8. The van der Waals surface area contributed by atoms with Gasteiger partial charge in [0.1, 0.15) is 11.5 Å². The summed E-state index contributed by atoms with van der Waals surface area (Å²) in [4.78, 5) is 2.35. The molecule has 1 aliphatic carbocycles. The summed E-state index contributed by atoms with van der Waals surface area (Å²) in [6.45, 7) is 0. The lowest BCUT2D eigenvalue weighted by molar-refractivity contribution is 0.436. The summed E-state index contributed by atoms with van der Waals surface area (Å²) in [5.74, 6) is 1.77. The maximum atomic E-state index is 6.87. The SMILES string of the molecule is c1ccc2c(c1)Oc1cc(N(c3ccc4ccccc4c3)c3ccc4ccccc4c3)ccc1C21c2ccccc2-c2ccccc21. The molecule has 47 heavy (non-hydrogen) atoms. The van der Waals surface area contributed by atoms with Crippen molar-refractivity contribution in [1.29, 1.82) is 0 Å². The van der Waals surface area contributed by atoms with E-state index < -0.39 is 5.41 Å². The molecule has 2 nitrogen and oxygen atoms in total. The quantitative estimate of drug-likeness (QED) is 0.200. The largest absolute Gasteiger partial charge is 0.457 e. The number of ether oxygens (including phenoxy) is 1. The van der Waals surface area contributed by atoms with Crippen LogP contribution in [-0.2, 0) is 5.41 Å². The van der Waals surface area contributed by atoms with Crippen LogP contribution in [0.5, 0.6) is 11.5 Å². The molecule has 1 aliphatic heterocycles. The van der Waals surface area contributed by atoms with E-state index in [1.165, 1.54) is 49.4 Å². The van der Waals surface area contributed by atoms with Gasteiger partial charge in [0, 0.05) is 34.3 Å². The first-order valence-corrected chi connectivity index (χ1v) is 16.2. The van der Waals surface area contributed by atoms with Crippen molar-refractivity contribution in [1.82, 2.24) is 0 Å². The summed E-state index contributed by atoms with van der Waals surface area (Å²) in [6.07, 6.45) is 0. The first-order chi connectivity index (χ1) is 23.3. The summed E-state index contributed by atoms with van der Waals surface area (Å²) in [5.41, 5.74) is 10.3. The van der Waals surface area contributed by atoms with Crippen molar-refractivity contribution in [2.45, 2.75) is 5.41 Å². The van der Waals surface area contributed by atoms with Gasteiger partial charge in [0.25, 0.3) is 0 Å². The minimum absolute atomic E-state index is 0.480. The minimum Gasteiger partial charge on any atom is -0.457 e. The van der Waals surface area contributed by atoms with Crippen molar-refractivity contribution in [2.75, 3.05) is 4.90 Å². The molecule has 0 aromatic heterocycles. The zero-order chi connectivity index (χ0) is 31.0. The molecule has 2 heteroatoms. The van der Waals surface area contributed by atoms with E-state index in [9.17, 15) is 0 Å². The Morgan fingerprint density at radius 3 is 1.40 bits per heavy atom. The summed E-state index contributed by atoms with van der Waals surface area (Å²) < 4.78 is 6.87. The molecule has 0 unspecified atom stereocenters. The fourth-order valence-electron chi connectivity index (χ4n) is 8.07. The van der Waals surface area contributed by atoms with E-state index in [2.05, 4.69) is 181 Å². The number of rotatable bonds is 3. The lowest BCUT2D eigenvalue weighted by atomic mass is 9.66. The number of anilines is 3. The van der Waals surface area contributed by atoms with E-state index in [0.29, 0.717) is 0 Å². The molecule has 0 N–H and O–H groups in total. The molecule has 8 aromatic carbocycles. The molecule has 0 atom stereocenters. The molecule has 0 radical (unpaired) electrons. The van der Waals surface area contributed by atoms with E-state index in [-0.39, 0.29) is 0 Å². The third kappa shape index (κ3) is 3.73. The predicted octanol–water partition coefficient (Wildman–Crippen LogP) is 11.9. The second-order valence-electron chi connectivity index (χ2n) is 12.5. The Kier molecular flexibility index (Phi) is 5.53. The molecule has 220 valence electrons. The molecule has 2 aliphatic rings. The van der Waals surface area contributed by atoms with Gasteiger partial charge in [0.15, 0.2) is 0 Å². The number of hydrogen-bond donors (Lipinski definition) is 0. The van der Waals surface area contributed by atoms with Crippen LogP contribution in [0.4, 0.5) is 17.1 Å². The number of fused-ring (bicyclic) bond motifs is 11. The van der Waals surface area contributed by atoms with Gasteiger partial charge in [-0.15, -0.1) is 0 Å². The molecule has 10 rings (SSSR count). The highest BCUT2D eigenvalue weighted by Gasteiger charge is 2.50. The summed E-state index contributed by atoms with van der Waals surface area (Å²) in [5, 5.41) is 4.86. The highest BCUT2D eigenvalue weighted by atomic mass is 16.5. The molecule has 1 spiro atoms. The average molecular weight is 600 g/mol. The van der Waals surface area contributed by atoms with E-state index in [1.807, 2.05) is 0 Å². The number of nitrogens with zero attached hydrogens (tertiary/aromatic N) is 1. The molecular weight excluding hydrogens is 571 g/mol. The van der Waals surface area contributed by atoms with Crippen LogP contribution < -0.4 is 9.64 Å². The van der Waals surface area contributed by atoms with Crippen molar-refractivity contribution in [3.8, 4) is 22.6 Å². The van der Waals surface area contributed by atoms with Crippen LogP contribution >= 0.6 is 0 Å². The maximum Gasteiger partial charge on any atom is 0.134 e. The van der Waals surface area contributed by atoms with E-state index >= 15 is 0 Å². The molecule has 0 fully saturated rings. The summed E-state index contributed by atoms with van der Waals surface area (Å²) >= 11 is 0. The second-order valence-corrected chi connectivity index (χ2v) is 12.5. The molecule has 0 saturated heterocycles. The minimum atomic E-state index is -0.480.